The number of hydrogen-bond donors (Lipinski definition) is 1. The largest absolute Gasteiger partial charge is 0.384 e. The van der Waals surface area contributed by atoms with E-state index < -0.39 is 0 Å². The third-order valence-electron chi connectivity index (χ3n) is 1.41. The first-order chi connectivity index (χ1) is 5.83. The molecule has 1 rings (SSSR count). The third-order valence-corrected chi connectivity index (χ3v) is 2.06. The lowest BCUT2D eigenvalue weighted by molar-refractivity contribution is 0.164. The summed E-state index contributed by atoms with van der Waals surface area (Å²) in [5.41, 5.74) is 1.71. The van der Waals surface area contributed by atoms with E-state index >= 15 is 0 Å². The zero-order valence-electron chi connectivity index (χ0n) is 7.28. The number of aromatic nitrogens is 2. The average Bonchev–Trinajstić information content (AvgIpc) is 2.53. The van der Waals surface area contributed by atoms with Crippen molar-refractivity contribution in [2.45, 2.75) is 6.92 Å². The van der Waals surface area contributed by atoms with Crippen LogP contribution in [-0.2, 0) is 4.74 Å². The lowest BCUT2D eigenvalue weighted by Crippen LogP contribution is -2.15. The van der Waals surface area contributed by atoms with E-state index in [-0.39, 0.29) is 0 Å². The molecule has 0 radical (unpaired) electrons. The molecule has 0 aromatic carbocycles. The highest BCUT2D eigenvalue weighted by Crippen LogP contribution is 2.08. The molecule has 5 heteroatoms. The van der Waals surface area contributed by atoms with Crippen LogP contribution in [0.15, 0.2) is 5.51 Å². The SMILES string of the molecule is COCC(C)CNc1nncs1. The van der Waals surface area contributed by atoms with Gasteiger partial charge in [-0.2, -0.15) is 0 Å². The van der Waals surface area contributed by atoms with E-state index in [1.807, 2.05) is 0 Å². The first-order valence-electron chi connectivity index (χ1n) is 3.82. The van der Waals surface area contributed by atoms with E-state index in [0.29, 0.717) is 5.92 Å². The molecule has 1 atom stereocenters. The summed E-state index contributed by atoms with van der Waals surface area (Å²) in [5, 5.41) is 11.6. The minimum atomic E-state index is 0.499. The minimum Gasteiger partial charge on any atom is -0.384 e. The number of nitrogens with zero attached hydrogens (tertiary/aromatic N) is 2. The fourth-order valence-corrected chi connectivity index (χ4v) is 1.31. The molecule has 0 aliphatic heterocycles. The molecule has 0 amide bonds. The Hall–Kier alpha value is -0.680. The van der Waals surface area contributed by atoms with Gasteiger partial charge in [0.15, 0.2) is 0 Å². The first kappa shape index (κ1) is 9.41. The second-order valence-electron chi connectivity index (χ2n) is 2.69. The van der Waals surface area contributed by atoms with Gasteiger partial charge in [0.25, 0.3) is 0 Å². The summed E-state index contributed by atoms with van der Waals surface area (Å²) in [6.07, 6.45) is 0. The Bertz CT molecular complexity index is 202. The molecule has 0 bridgehead atoms. The summed E-state index contributed by atoms with van der Waals surface area (Å²) < 4.78 is 5.00. The van der Waals surface area contributed by atoms with Crippen LogP contribution in [-0.4, -0.2) is 30.5 Å². The second kappa shape index (κ2) is 5.05. The molecule has 0 spiro atoms. The van der Waals surface area contributed by atoms with Gasteiger partial charge in [0.05, 0.1) is 6.61 Å². The highest BCUT2D eigenvalue weighted by molar-refractivity contribution is 7.13. The summed E-state index contributed by atoms with van der Waals surface area (Å²) in [4.78, 5) is 0. The van der Waals surface area contributed by atoms with Gasteiger partial charge in [-0.05, 0) is 5.92 Å². The van der Waals surface area contributed by atoms with E-state index in [2.05, 4.69) is 22.4 Å². The zero-order valence-corrected chi connectivity index (χ0v) is 8.10. The van der Waals surface area contributed by atoms with Gasteiger partial charge < -0.3 is 10.1 Å². The van der Waals surface area contributed by atoms with Crippen LogP contribution in [0, 0.1) is 5.92 Å². The molecule has 0 aliphatic carbocycles. The summed E-state index contributed by atoms with van der Waals surface area (Å²) in [6.45, 7) is 3.77. The lowest BCUT2D eigenvalue weighted by atomic mass is 10.2. The topological polar surface area (TPSA) is 47.0 Å². The van der Waals surface area contributed by atoms with Crippen molar-refractivity contribution in [1.82, 2.24) is 10.2 Å². The lowest BCUT2D eigenvalue weighted by Gasteiger charge is -2.09. The first-order valence-corrected chi connectivity index (χ1v) is 4.70. The molecule has 0 saturated carbocycles. The Morgan fingerprint density at radius 1 is 1.75 bits per heavy atom. The molecule has 4 nitrogen and oxygen atoms in total. The van der Waals surface area contributed by atoms with Crippen molar-refractivity contribution in [3.8, 4) is 0 Å². The number of hydrogen-bond acceptors (Lipinski definition) is 5. The maximum absolute atomic E-state index is 5.00. The van der Waals surface area contributed by atoms with Crippen molar-refractivity contribution in [3.05, 3.63) is 5.51 Å². The van der Waals surface area contributed by atoms with Gasteiger partial charge in [-0.3, -0.25) is 0 Å². The maximum atomic E-state index is 5.00. The predicted octanol–water partition coefficient (Wildman–Crippen LogP) is 1.23. The highest BCUT2D eigenvalue weighted by Gasteiger charge is 2.01. The quantitative estimate of drug-likeness (QED) is 0.753. The molecular weight excluding hydrogens is 174 g/mol. The average molecular weight is 187 g/mol. The normalized spacial score (nSPS) is 12.8. The monoisotopic (exact) mass is 187 g/mol. The molecule has 1 aromatic heterocycles. The zero-order chi connectivity index (χ0) is 8.81. The molecule has 1 N–H and O–H groups in total. The molecule has 1 heterocycles. The fraction of sp³-hybridized carbons (Fsp3) is 0.714. The van der Waals surface area contributed by atoms with Crippen LogP contribution in [0.25, 0.3) is 0 Å². The van der Waals surface area contributed by atoms with Gasteiger partial charge in [0, 0.05) is 13.7 Å². The second-order valence-corrected chi connectivity index (χ2v) is 3.52. The van der Waals surface area contributed by atoms with Gasteiger partial charge in [-0.1, -0.05) is 18.3 Å². The molecule has 68 valence electrons. The molecule has 12 heavy (non-hydrogen) atoms. The summed E-state index contributed by atoms with van der Waals surface area (Å²) in [5.74, 6) is 0.499. The Morgan fingerprint density at radius 2 is 2.58 bits per heavy atom. The van der Waals surface area contributed by atoms with Crippen LogP contribution in [0.3, 0.4) is 0 Å². The van der Waals surface area contributed by atoms with Gasteiger partial charge in [-0.15, -0.1) is 10.2 Å². The van der Waals surface area contributed by atoms with Crippen LogP contribution in [0.2, 0.25) is 0 Å². The Labute approximate surface area is 76.0 Å². The minimum absolute atomic E-state index is 0.499. The van der Waals surface area contributed by atoms with Crippen molar-refractivity contribution >= 4 is 16.5 Å². The van der Waals surface area contributed by atoms with Crippen LogP contribution in [0.4, 0.5) is 5.13 Å². The van der Waals surface area contributed by atoms with Crippen molar-refractivity contribution in [2.75, 3.05) is 25.6 Å². The Morgan fingerprint density at radius 3 is 3.17 bits per heavy atom. The van der Waals surface area contributed by atoms with Gasteiger partial charge in [0.1, 0.15) is 5.51 Å². The molecule has 0 saturated heterocycles. The van der Waals surface area contributed by atoms with Crippen molar-refractivity contribution < 1.29 is 4.74 Å². The van der Waals surface area contributed by atoms with Gasteiger partial charge in [0.2, 0.25) is 5.13 Å². The maximum Gasteiger partial charge on any atom is 0.205 e. The third kappa shape index (κ3) is 3.15. The number of nitrogens with one attached hydrogen (secondary N) is 1. The molecule has 0 fully saturated rings. The predicted molar refractivity (Wildman–Crippen MR) is 49.4 cm³/mol. The summed E-state index contributed by atoms with van der Waals surface area (Å²) in [7, 11) is 1.71. The van der Waals surface area contributed by atoms with E-state index in [0.717, 1.165) is 18.3 Å². The molecule has 1 unspecified atom stereocenters. The van der Waals surface area contributed by atoms with Crippen molar-refractivity contribution in [1.29, 1.82) is 0 Å². The van der Waals surface area contributed by atoms with Crippen molar-refractivity contribution in [2.24, 2.45) is 5.92 Å². The fourth-order valence-electron chi connectivity index (χ4n) is 0.855. The molecular formula is C7H13N3OS. The Kier molecular flexibility index (Phi) is 3.96. The summed E-state index contributed by atoms with van der Waals surface area (Å²) >= 11 is 1.51. The smallest absolute Gasteiger partial charge is 0.205 e. The standard InChI is InChI=1S/C7H13N3OS/c1-6(4-11-2)3-8-7-10-9-5-12-7/h5-6H,3-4H2,1-2H3,(H,8,10). The number of anilines is 1. The van der Waals surface area contributed by atoms with Gasteiger partial charge in [-0.25, -0.2) is 0 Å². The summed E-state index contributed by atoms with van der Waals surface area (Å²) in [6, 6.07) is 0. The number of methoxy groups -OCH3 is 1. The number of ether oxygens (including phenoxy) is 1. The van der Waals surface area contributed by atoms with Crippen LogP contribution < -0.4 is 5.32 Å². The van der Waals surface area contributed by atoms with Crippen LogP contribution >= 0.6 is 11.3 Å². The molecule has 1 aromatic rings. The Balaban J connectivity index is 2.17. The van der Waals surface area contributed by atoms with E-state index in [1.54, 1.807) is 12.6 Å². The van der Waals surface area contributed by atoms with E-state index in [9.17, 15) is 0 Å². The van der Waals surface area contributed by atoms with E-state index in [1.165, 1.54) is 11.3 Å². The van der Waals surface area contributed by atoms with Crippen LogP contribution in [0.5, 0.6) is 0 Å². The van der Waals surface area contributed by atoms with Crippen molar-refractivity contribution in [3.63, 3.8) is 0 Å². The highest BCUT2D eigenvalue weighted by atomic mass is 32.1. The number of rotatable bonds is 5. The van der Waals surface area contributed by atoms with Crippen LogP contribution in [0.1, 0.15) is 6.92 Å². The van der Waals surface area contributed by atoms with Gasteiger partial charge >= 0.3 is 0 Å². The van der Waals surface area contributed by atoms with E-state index in [4.69, 9.17) is 4.74 Å². The molecule has 0 aliphatic rings.